The van der Waals surface area contributed by atoms with Crippen LogP contribution in [0.4, 0.5) is 4.39 Å². The zero-order valence-electron chi connectivity index (χ0n) is 12.7. The molecule has 0 saturated carbocycles. The zero-order valence-corrected chi connectivity index (χ0v) is 12.7. The van der Waals surface area contributed by atoms with E-state index in [-0.39, 0.29) is 11.7 Å². The zero-order chi connectivity index (χ0) is 15.3. The third-order valence-electron chi connectivity index (χ3n) is 3.37. The fourth-order valence-corrected chi connectivity index (χ4v) is 1.89. The van der Waals surface area contributed by atoms with Crippen molar-refractivity contribution in [3.63, 3.8) is 0 Å². The van der Waals surface area contributed by atoms with Crippen molar-refractivity contribution < 1.29 is 13.9 Å². The molecule has 0 N–H and O–H groups in total. The number of amides is 1. The standard InChI is InChI=1S/C16H22FNO2/c1-12(13-8-6-7-9-14(13)17)10-15(19)18(4)16(2,3)11-20-5/h6-10H,11H2,1-5H3/b12-10+. The quantitative estimate of drug-likeness (QED) is 0.775. The molecular weight excluding hydrogens is 257 g/mol. The summed E-state index contributed by atoms with van der Waals surface area (Å²) < 4.78 is 18.8. The average Bonchev–Trinajstić information content (AvgIpc) is 2.38. The molecule has 0 unspecified atom stereocenters. The SMILES string of the molecule is COCC(C)(C)N(C)C(=O)/C=C(\C)c1ccccc1F. The van der Waals surface area contributed by atoms with Crippen LogP contribution in [0.1, 0.15) is 26.3 Å². The molecule has 20 heavy (non-hydrogen) atoms. The highest BCUT2D eigenvalue weighted by atomic mass is 19.1. The summed E-state index contributed by atoms with van der Waals surface area (Å²) >= 11 is 0. The molecule has 0 aromatic heterocycles. The molecule has 0 aliphatic carbocycles. The van der Waals surface area contributed by atoms with E-state index in [2.05, 4.69) is 0 Å². The van der Waals surface area contributed by atoms with E-state index in [1.54, 1.807) is 44.2 Å². The highest BCUT2D eigenvalue weighted by Gasteiger charge is 2.26. The van der Waals surface area contributed by atoms with Gasteiger partial charge in [0.05, 0.1) is 12.1 Å². The second-order valence-corrected chi connectivity index (χ2v) is 5.45. The first-order valence-corrected chi connectivity index (χ1v) is 6.49. The van der Waals surface area contributed by atoms with Crippen molar-refractivity contribution in [2.24, 2.45) is 0 Å². The van der Waals surface area contributed by atoms with E-state index in [1.165, 1.54) is 12.1 Å². The first-order valence-electron chi connectivity index (χ1n) is 6.49. The van der Waals surface area contributed by atoms with Crippen molar-refractivity contribution in [1.29, 1.82) is 0 Å². The molecule has 0 aliphatic rings. The Morgan fingerprint density at radius 1 is 1.40 bits per heavy atom. The normalized spacial score (nSPS) is 12.4. The number of likely N-dealkylation sites (N-methyl/N-ethyl adjacent to an activating group) is 1. The van der Waals surface area contributed by atoms with Crippen molar-refractivity contribution in [3.8, 4) is 0 Å². The largest absolute Gasteiger partial charge is 0.382 e. The number of hydrogen-bond donors (Lipinski definition) is 0. The summed E-state index contributed by atoms with van der Waals surface area (Å²) in [4.78, 5) is 13.8. The van der Waals surface area contributed by atoms with Crippen LogP contribution in [0, 0.1) is 5.82 Å². The van der Waals surface area contributed by atoms with E-state index in [9.17, 15) is 9.18 Å². The average molecular weight is 279 g/mol. The van der Waals surface area contributed by atoms with Gasteiger partial charge in [0.1, 0.15) is 5.82 Å². The molecule has 1 aromatic rings. The number of benzene rings is 1. The highest BCUT2D eigenvalue weighted by molar-refractivity contribution is 5.95. The van der Waals surface area contributed by atoms with E-state index in [1.807, 2.05) is 13.8 Å². The van der Waals surface area contributed by atoms with Gasteiger partial charge in [0.15, 0.2) is 0 Å². The van der Waals surface area contributed by atoms with Crippen molar-refractivity contribution in [1.82, 2.24) is 4.90 Å². The first-order chi connectivity index (χ1) is 9.29. The lowest BCUT2D eigenvalue weighted by molar-refractivity contribution is -0.131. The minimum absolute atomic E-state index is 0.173. The maximum absolute atomic E-state index is 13.7. The smallest absolute Gasteiger partial charge is 0.247 e. The molecule has 0 heterocycles. The lowest BCUT2D eigenvalue weighted by Gasteiger charge is -2.34. The molecule has 4 heteroatoms. The Balaban J connectivity index is 2.94. The maximum Gasteiger partial charge on any atom is 0.247 e. The van der Waals surface area contributed by atoms with Gasteiger partial charge in [-0.25, -0.2) is 4.39 Å². The second-order valence-electron chi connectivity index (χ2n) is 5.45. The van der Waals surface area contributed by atoms with Gasteiger partial charge in [-0.2, -0.15) is 0 Å². The summed E-state index contributed by atoms with van der Waals surface area (Å²) in [6.07, 6.45) is 1.45. The van der Waals surface area contributed by atoms with Crippen LogP contribution in [0.15, 0.2) is 30.3 Å². The molecule has 1 aromatic carbocycles. The Labute approximate surface area is 120 Å². The molecule has 0 radical (unpaired) electrons. The van der Waals surface area contributed by atoms with Crippen molar-refractivity contribution in [2.75, 3.05) is 20.8 Å². The van der Waals surface area contributed by atoms with Crippen molar-refractivity contribution in [2.45, 2.75) is 26.3 Å². The van der Waals surface area contributed by atoms with Gasteiger partial charge in [-0.15, -0.1) is 0 Å². The van der Waals surface area contributed by atoms with Gasteiger partial charge in [-0.3, -0.25) is 4.79 Å². The van der Waals surface area contributed by atoms with Crippen LogP contribution >= 0.6 is 0 Å². The second kappa shape index (κ2) is 6.66. The molecule has 0 spiro atoms. The van der Waals surface area contributed by atoms with Gasteiger partial charge in [0.25, 0.3) is 0 Å². The van der Waals surface area contributed by atoms with Crippen LogP contribution in [-0.2, 0) is 9.53 Å². The summed E-state index contributed by atoms with van der Waals surface area (Å²) in [6, 6.07) is 6.42. The third-order valence-corrected chi connectivity index (χ3v) is 3.37. The number of methoxy groups -OCH3 is 1. The van der Waals surface area contributed by atoms with Gasteiger partial charge in [-0.05, 0) is 32.4 Å². The highest BCUT2D eigenvalue weighted by Crippen LogP contribution is 2.19. The molecule has 0 fully saturated rings. The molecule has 3 nitrogen and oxygen atoms in total. The Morgan fingerprint density at radius 3 is 2.55 bits per heavy atom. The van der Waals surface area contributed by atoms with Crippen LogP contribution in [0.5, 0.6) is 0 Å². The first kappa shape index (κ1) is 16.4. The number of hydrogen-bond acceptors (Lipinski definition) is 2. The van der Waals surface area contributed by atoms with E-state index in [4.69, 9.17) is 4.74 Å². The van der Waals surface area contributed by atoms with Crippen LogP contribution in [0.2, 0.25) is 0 Å². The van der Waals surface area contributed by atoms with Crippen molar-refractivity contribution in [3.05, 3.63) is 41.7 Å². The summed E-state index contributed by atoms with van der Waals surface area (Å²) in [6.45, 7) is 6.00. The number of nitrogens with zero attached hydrogens (tertiary/aromatic N) is 1. The maximum atomic E-state index is 13.7. The summed E-state index contributed by atoms with van der Waals surface area (Å²) in [5.74, 6) is -0.499. The molecule has 0 aliphatic heterocycles. The van der Waals surface area contributed by atoms with Crippen LogP contribution in [0.25, 0.3) is 5.57 Å². The number of carbonyl (C=O) groups is 1. The number of rotatable bonds is 5. The third kappa shape index (κ3) is 3.90. The van der Waals surface area contributed by atoms with E-state index < -0.39 is 5.54 Å². The monoisotopic (exact) mass is 279 g/mol. The van der Waals surface area contributed by atoms with Gasteiger partial charge >= 0.3 is 0 Å². The number of allylic oxidation sites excluding steroid dienone is 1. The minimum Gasteiger partial charge on any atom is -0.382 e. The number of halogens is 1. The lowest BCUT2D eigenvalue weighted by Crippen LogP contribution is -2.47. The molecule has 0 atom stereocenters. The Hall–Kier alpha value is -1.68. The number of carbonyl (C=O) groups excluding carboxylic acids is 1. The van der Waals surface area contributed by atoms with Gasteiger partial charge in [-0.1, -0.05) is 18.2 Å². The lowest BCUT2D eigenvalue weighted by atomic mass is 10.0. The molecule has 110 valence electrons. The predicted octanol–water partition coefficient (Wildman–Crippen LogP) is 3.11. The summed E-state index contributed by atoms with van der Waals surface area (Å²) in [5.41, 5.74) is 0.629. The predicted molar refractivity (Wildman–Crippen MR) is 78.8 cm³/mol. The molecule has 1 rings (SSSR count). The minimum atomic E-state index is -0.419. The summed E-state index contributed by atoms with van der Waals surface area (Å²) in [5, 5.41) is 0. The van der Waals surface area contributed by atoms with Crippen LogP contribution in [-0.4, -0.2) is 37.1 Å². The Morgan fingerprint density at radius 2 is 2.00 bits per heavy atom. The van der Waals surface area contributed by atoms with E-state index >= 15 is 0 Å². The van der Waals surface area contributed by atoms with Gasteiger partial charge in [0, 0.05) is 25.8 Å². The fourth-order valence-electron chi connectivity index (χ4n) is 1.89. The van der Waals surface area contributed by atoms with E-state index in [0.717, 1.165) is 0 Å². The van der Waals surface area contributed by atoms with Gasteiger partial charge in [0.2, 0.25) is 5.91 Å². The molecule has 0 bridgehead atoms. The van der Waals surface area contributed by atoms with E-state index in [0.29, 0.717) is 17.7 Å². The topological polar surface area (TPSA) is 29.5 Å². The summed E-state index contributed by atoms with van der Waals surface area (Å²) in [7, 11) is 3.31. The Bertz CT molecular complexity index is 509. The molecular formula is C16H22FNO2. The van der Waals surface area contributed by atoms with Crippen LogP contribution in [0.3, 0.4) is 0 Å². The molecule has 1 amide bonds. The number of ether oxygens (including phenoxy) is 1. The Kier molecular flexibility index (Phi) is 5.45. The van der Waals surface area contributed by atoms with Crippen LogP contribution < -0.4 is 0 Å². The van der Waals surface area contributed by atoms with Crippen molar-refractivity contribution >= 4 is 11.5 Å². The fraction of sp³-hybridized carbons (Fsp3) is 0.438. The molecule has 0 saturated heterocycles. The van der Waals surface area contributed by atoms with Gasteiger partial charge < -0.3 is 9.64 Å².